The lowest BCUT2D eigenvalue weighted by atomic mass is 10.1. The summed E-state index contributed by atoms with van der Waals surface area (Å²) < 4.78 is 10.9. The van der Waals surface area contributed by atoms with Gasteiger partial charge in [-0.3, -0.25) is 0 Å². The van der Waals surface area contributed by atoms with Crippen LogP contribution in [0.3, 0.4) is 0 Å². The van der Waals surface area contributed by atoms with Crippen LogP contribution in [-0.2, 0) is 9.47 Å². The molecule has 3 nitrogen and oxygen atoms in total. The van der Waals surface area contributed by atoms with Crippen molar-refractivity contribution in [3.05, 3.63) is 0 Å². The number of ether oxygens (including phenoxy) is 2. The smallest absolute Gasteiger partial charge is 0.0704 e. The van der Waals surface area contributed by atoms with Crippen LogP contribution in [0.25, 0.3) is 0 Å². The Kier molecular flexibility index (Phi) is 5.35. The van der Waals surface area contributed by atoms with Crippen LogP contribution in [0, 0.1) is 5.92 Å². The van der Waals surface area contributed by atoms with Crippen LogP contribution < -0.4 is 5.73 Å². The van der Waals surface area contributed by atoms with E-state index in [0.717, 1.165) is 19.8 Å². The van der Waals surface area contributed by atoms with Gasteiger partial charge in [-0.2, -0.15) is 0 Å². The van der Waals surface area contributed by atoms with Crippen LogP contribution in [0.4, 0.5) is 0 Å². The first kappa shape index (κ1) is 11.0. The fourth-order valence-electron chi connectivity index (χ4n) is 1.89. The van der Waals surface area contributed by atoms with Gasteiger partial charge in [-0.25, -0.2) is 0 Å². The highest BCUT2D eigenvalue weighted by Gasteiger charge is 2.26. The third-order valence-corrected chi connectivity index (χ3v) is 2.66. The van der Waals surface area contributed by atoms with Crippen LogP contribution >= 0.6 is 0 Å². The van der Waals surface area contributed by atoms with E-state index in [1.54, 1.807) is 0 Å². The molecule has 0 aliphatic heterocycles. The van der Waals surface area contributed by atoms with Gasteiger partial charge in [0.05, 0.1) is 19.3 Å². The van der Waals surface area contributed by atoms with Crippen LogP contribution in [0.15, 0.2) is 0 Å². The quantitative estimate of drug-likeness (QED) is 0.635. The highest BCUT2D eigenvalue weighted by molar-refractivity contribution is 4.78. The average Bonchev–Trinajstić information content (AvgIpc) is 2.60. The summed E-state index contributed by atoms with van der Waals surface area (Å²) in [5, 5.41) is 0. The molecule has 1 aliphatic carbocycles. The van der Waals surface area contributed by atoms with Crippen molar-refractivity contribution >= 4 is 0 Å². The second kappa shape index (κ2) is 6.35. The molecular formula is C10H21NO2. The minimum Gasteiger partial charge on any atom is -0.379 e. The predicted molar refractivity (Wildman–Crippen MR) is 52.6 cm³/mol. The van der Waals surface area contributed by atoms with Gasteiger partial charge < -0.3 is 15.2 Å². The molecule has 1 rings (SSSR count). The zero-order valence-corrected chi connectivity index (χ0v) is 8.50. The molecule has 1 fully saturated rings. The molecule has 0 aromatic carbocycles. The van der Waals surface area contributed by atoms with Crippen molar-refractivity contribution in [2.75, 3.05) is 26.4 Å². The molecule has 13 heavy (non-hydrogen) atoms. The van der Waals surface area contributed by atoms with Gasteiger partial charge in [0.2, 0.25) is 0 Å². The van der Waals surface area contributed by atoms with Crippen molar-refractivity contribution in [2.24, 2.45) is 11.7 Å². The maximum Gasteiger partial charge on any atom is 0.0704 e. The van der Waals surface area contributed by atoms with Gasteiger partial charge in [0, 0.05) is 6.61 Å². The van der Waals surface area contributed by atoms with E-state index in [0.29, 0.717) is 18.6 Å². The lowest BCUT2D eigenvalue weighted by Gasteiger charge is -2.18. The van der Waals surface area contributed by atoms with Crippen molar-refractivity contribution in [2.45, 2.75) is 32.3 Å². The molecule has 2 N–H and O–H groups in total. The highest BCUT2D eigenvalue weighted by atomic mass is 16.5. The van der Waals surface area contributed by atoms with E-state index < -0.39 is 0 Å². The monoisotopic (exact) mass is 187 g/mol. The first-order chi connectivity index (χ1) is 6.38. The van der Waals surface area contributed by atoms with Crippen molar-refractivity contribution < 1.29 is 9.47 Å². The highest BCUT2D eigenvalue weighted by Crippen LogP contribution is 2.27. The molecule has 0 aromatic heterocycles. The molecule has 1 aliphatic rings. The molecule has 0 heterocycles. The Labute approximate surface area is 80.6 Å². The van der Waals surface area contributed by atoms with Crippen molar-refractivity contribution in [1.29, 1.82) is 0 Å². The number of hydrogen-bond acceptors (Lipinski definition) is 3. The summed E-state index contributed by atoms with van der Waals surface area (Å²) in [6.07, 6.45) is 4.07. The van der Waals surface area contributed by atoms with Gasteiger partial charge in [-0.15, -0.1) is 0 Å². The first-order valence-corrected chi connectivity index (χ1v) is 5.28. The first-order valence-electron chi connectivity index (χ1n) is 5.28. The Morgan fingerprint density at radius 1 is 1.31 bits per heavy atom. The Hall–Kier alpha value is -0.120. The Balaban J connectivity index is 2.06. The Morgan fingerprint density at radius 2 is 2.15 bits per heavy atom. The van der Waals surface area contributed by atoms with Crippen molar-refractivity contribution in [1.82, 2.24) is 0 Å². The largest absolute Gasteiger partial charge is 0.379 e. The zero-order valence-electron chi connectivity index (χ0n) is 8.50. The fourth-order valence-corrected chi connectivity index (χ4v) is 1.89. The van der Waals surface area contributed by atoms with Crippen LogP contribution in [0.1, 0.15) is 26.2 Å². The maximum atomic E-state index is 5.70. The molecule has 1 saturated carbocycles. The van der Waals surface area contributed by atoms with E-state index in [1.165, 1.54) is 19.3 Å². The number of hydrogen-bond donors (Lipinski definition) is 1. The predicted octanol–water partition coefficient (Wildman–Crippen LogP) is 1.17. The lowest BCUT2D eigenvalue weighted by Crippen LogP contribution is -2.26. The standard InChI is InChI=1S/C10H21NO2/c1-2-12-6-7-13-10-5-3-4-9(10)8-11/h9-10H,2-8,11H2,1H3. The number of rotatable bonds is 6. The van der Waals surface area contributed by atoms with Crippen LogP contribution in [-0.4, -0.2) is 32.5 Å². The van der Waals surface area contributed by atoms with E-state index in [9.17, 15) is 0 Å². The summed E-state index contributed by atoms with van der Waals surface area (Å²) in [5.41, 5.74) is 5.64. The zero-order chi connectivity index (χ0) is 9.52. The van der Waals surface area contributed by atoms with Gasteiger partial charge in [0.1, 0.15) is 0 Å². The minimum absolute atomic E-state index is 0.394. The average molecular weight is 187 g/mol. The molecule has 2 atom stereocenters. The summed E-state index contributed by atoms with van der Waals surface area (Å²) in [6, 6.07) is 0. The summed E-state index contributed by atoms with van der Waals surface area (Å²) >= 11 is 0. The molecule has 0 radical (unpaired) electrons. The van der Waals surface area contributed by atoms with E-state index in [4.69, 9.17) is 15.2 Å². The molecular weight excluding hydrogens is 166 g/mol. The molecule has 0 bridgehead atoms. The van der Waals surface area contributed by atoms with Crippen LogP contribution in [0.2, 0.25) is 0 Å². The minimum atomic E-state index is 0.394. The Bertz CT molecular complexity index is 130. The van der Waals surface area contributed by atoms with Gasteiger partial charge in [0.15, 0.2) is 0 Å². The SMILES string of the molecule is CCOCCOC1CCCC1CN. The van der Waals surface area contributed by atoms with Crippen molar-refractivity contribution in [3.8, 4) is 0 Å². The van der Waals surface area contributed by atoms with E-state index >= 15 is 0 Å². The summed E-state index contributed by atoms with van der Waals surface area (Å²) in [5.74, 6) is 0.585. The summed E-state index contributed by atoms with van der Waals surface area (Å²) in [6.45, 7) is 4.96. The third-order valence-electron chi connectivity index (χ3n) is 2.66. The molecule has 0 aromatic rings. The molecule has 0 saturated heterocycles. The van der Waals surface area contributed by atoms with Crippen LogP contribution in [0.5, 0.6) is 0 Å². The topological polar surface area (TPSA) is 44.5 Å². The second-order valence-corrected chi connectivity index (χ2v) is 3.53. The molecule has 2 unspecified atom stereocenters. The number of nitrogens with two attached hydrogens (primary N) is 1. The molecule has 78 valence electrons. The Morgan fingerprint density at radius 3 is 2.85 bits per heavy atom. The summed E-state index contributed by atoms with van der Waals surface area (Å²) in [4.78, 5) is 0. The van der Waals surface area contributed by atoms with E-state index in [2.05, 4.69) is 0 Å². The third kappa shape index (κ3) is 3.63. The lowest BCUT2D eigenvalue weighted by molar-refractivity contribution is -0.00723. The van der Waals surface area contributed by atoms with E-state index in [-0.39, 0.29) is 0 Å². The molecule has 0 amide bonds. The van der Waals surface area contributed by atoms with Gasteiger partial charge >= 0.3 is 0 Å². The van der Waals surface area contributed by atoms with Gasteiger partial charge in [0.25, 0.3) is 0 Å². The van der Waals surface area contributed by atoms with Crippen molar-refractivity contribution in [3.63, 3.8) is 0 Å². The molecule has 0 spiro atoms. The normalized spacial score (nSPS) is 28.2. The summed E-state index contributed by atoms with van der Waals surface area (Å²) in [7, 11) is 0. The van der Waals surface area contributed by atoms with E-state index in [1.807, 2.05) is 6.92 Å². The molecule has 3 heteroatoms. The maximum absolute atomic E-state index is 5.70. The second-order valence-electron chi connectivity index (χ2n) is 3.53. The van der Waals surface area contributed by atoms with Gasteiger partial charge in [-0.1, -0.05) is 6.42 Å². The fraction of sp³-hybridized carbons (Fsp3) is 1.00. The van der Waals surface area contributed by atoms with Gasteiger partial charge in [-0.05, 0) is 32.2 Å².